The number of benzene rings is 3. The van der Waals surface area contributed by atoms with Crippen LogP contribution in [0, 0.1) is 0 Å². The molecular weight excluding hydrogens is 463 g/mol. The van der Waals surface area contributed by atoms with Gasteiger partial charge in [-0.25, -0.2) is 0 Å². The average Bonchev–Trinajstić information content (AvgIpc) is 3.28. The van der Waals surface area contributed by atoms with Crippen LogP contribution >= 0.6 is 24.8 Å². The smallest absolute Gasteiger partial charge is 0.264 e. The topological polar surface area (TPSA) is 86.1 Å². The van der Waals surface area contributed by atoms with Gasteiger partial charge in [0.25, 0.3) is 5.89 Å². The van der Waals surface area contributed by atoms with E-state index in [0.717, 1.165) is 37.5 Å². The predicted molar refractivity (Wildman–Crippen MR) is 136 cm³/mol. The van der Waals surface area contributed by atoms with Crippen molar-refractivity contribution in [1.82, 2.24) is 15.0 Å². The lowest BCUT2D eigenvalue weighted by Crippen LogP contribution is -2.44. The molecule has 1 fully saturated rings. The number of hydrogen-bond acceptors (Lipinski definition) is 6. The van der Waals surface area contributed by atoms with Crippen LogP contribution in [0.2, 0.25) is 0 Å². The number of fused-ring (bicyclic) bond motifs is 1. The van der Waals surface area contributed by atoms with Crippen molar-refractivity contribution in [3.63, 3.8) is 0 Å². The van der Waals surface area contributed by atoms with Gasteiger partial charge < -0.3 is 24.5 Å². The number of anilines is 1. The zero-order chi connectivity index (χ0) is 20.3. The van der Waals surface area contributed by atoms with Crippen molar-refractivity contribution in [2.45, 2.75) is 6.61 Å². The molecule has 1 aliphatic rings. The summed E-state index contributed by atoms with van der Waals surface area (Å²) in [5.41, 5.74) is 2.19. The lowest BCUT2D eigenvalue weighted by atomic mass is 10.1. The van der Waals surface area contributed by atoms with E-state index in [1.54, 1.807) is 0 Å². The monoisotopic (exact) mass is 490 g/mol. The number of hydrogen-bond donors (Lipinski definition) is 0. The van der Waals surface area contributed by atoms with Crippen molar-refractivity contribution in [2.75, 3.05) is 38.1 Å². The van der Waals surface area contributed by atoms with Crippen LogP contribution in [-0.4, -0.2) is 53.7 Å². The van der Waals surface area contributed by atoms with E-state index < -0.39 is 0 Å². The van der Waals surface area contributed by atoms with E-state index in [1.807, 2.05) is 36.4 Å². The average molecular weight is 491 g/mol. The van der Waals surface area contributed by atoms with Crippen LogP contribution in [0.15, 0.2) is 71.3 Å². The molecule has 1 saturated heterocycles. The number of piperazine rings is 1. The SMILES string of the molecule is CN1CCN(c2cccc3ccc(OCc4nc(-c5ccccc5)no4)cc23)CC1.Cl.Cl.O. The van der Waals surface area contributed by atoms with Crippen LogP contribution in [0.3, 0.4) is 0 Å². The molecule has 4 aromatic rings. The molecule has 176 valence electrons. The van der Waals surface area contributed by atoms with Crippen molar-refractivity contribution in [3.8, 4) is 17.1 Å². The molecule has 3 aromatic carbocycles. The van der Waals surface area contributed by atoms with Gasteiger partial charge in [0.2, 0.25) is 5.82 Å². The maximum Gasteiger partial charge on any atom is 0.264 e. The van der Waals surface area contributed by atoms with Gasteiger partial charge in [0, 0.05) is 42.8 Å². The highest BCUT2D eigenvalue weighted by Gasteiger charge is 2.16. The minimum absolute atomic E-state index is 0. The summed E-state index contributed by atoms with van der Waals surface area (Å²) in [6.07, 6.45) is 0. The Hall–Kier alpha value is -2.84. The minimum Gasteiger partial charge on any atom is -0.484 e. The van der Waals surface area contributed by atoms with Crippen molar-refractivity contribution < 1.29 is 14.7 Å². The fourth-order valence-electron chi connectivity index (χ4n) is 3.81. The fourth-order valence-corrected chi connectivity index (χ4v) is 3.81. The summed E-state index contributed by atoms with van der Waals surface area (Å²) >= 11 is 0. The largest absolute Gasteiger partial charge is 0.484 e. The van der Waals surface area contributed by atoms with Gasteiger partial charge in [-0.3, -0.25) is 0 Å². The second-order valence-electron chi connectivity index (χ2n) is 7.62. The third-order valence-corrected chi connectivity index (χ3v) is 5.54. The molecule has 0 radical (unpaired) electrons. The molecule has 7 nitrogen and oxygen atoms in total. The summed E-state index contributed by atoms with van der Waals surface area (Å²) < 4.78 is 11.3. The molecule has 5 rings (SSSR count). The van der Waals surface area contributed by atoms with E-state index in [1.165, 1.54) is 16.5 Å². The zero-order valence-corrected chi connectivity index (χ0v) is 19.9. The molecule has 0 spiro atoms. The first-order chi connectivity index (χ1) is 14.8. The van der Waals surface area contributed by atoms with E-state index in [-0.39, 0.29) is 36.9 Å². The first kappa shape index (κ1) is 26.4. The lowest BCUT2D eigenvalue weighted by Gasteiger charge is -2.34. The Morgan fingerprint density at radius 1 is 0.909 bits per heavy atom. The molecular formula is C24H28Cl2N4O3. The molecule has 0 aliphatic carbocycles. The number of rotatable bonds is 5. The van der Waals surface area contributed by atoms with Gasteiger partial charge >= 0.3 is 0 Å². The Morgan fingerprint density at radius 3 is 2.42 bits per heavy atom. The summed E-state index contributed by atoms with van der Waals surface area (Å²) in [6, 6.07) is 22.4. The molecule has 1 aliphatic heterocycles. The Balaban J connectivity index is 0.00000128. The van der Waals surface area contributed by atoms with E-state index in [0.29, 0.717) is 11.7 Å². The third-order valence-electron chi connectivity index (χ3n) is 5.54. The van der Waals surface area contributed by atoms with Crippen LogP contribution in [0.1, 0.15) is 5.89 Å². The number of aromatic nitrogens is 2. The molecule has 2 heterocycles. The summed E-state index contributed by atoms with van der Waals surface area (Å²) in [7, 11) is 2.17. The third kappa shape index (κ3) is 5.94. The van der Waals surface area contributed by atoms with Crippen LogP contribution in [0.5, 0.6) is 5.75 Å². The quantitative estimate of drug-likeness (QED) is 0.415. The highest BCUT2D eigenvalue weighted by molar-refractivity contribution is 5.95. The number of nitrogens with zero attached hydrogens (tertiary/aromatic N) is 4. The molecule has 2 N–H and O–H groups in total. The van der Waals surface area contributed by atoms with E-state index in [4.69, 9.17) is 9.26 Å². The van der Waals surface area contributed by atoms with Crippen LogP contribution < -0.4 is 9.64 Å². The van der Waals surface area contributed by atoms with Gasteiger partial charge in [0.05, 0.1) is 0 Å². The van der Waals surface area contributed by atoms with Crippen molar-refractivity contribution in [1.29, 1.82) is 0 Å². The lowest BCUT2D eigenvalue weighted by molar-refractivity contribution is 0.243. The molecule has 0 atom stereocenters. The Labute approximate surface area is 205 Å². The fraction of sp³-hybridized carbons (Fsp3) is 0.250. The molecule has 1 aromatic heterocycles. The minimum atomic E-state index is 0. The second kappa shape index (κ2) is 11.9. The van der Waals surface area contributed by atoms with Gasteiger partial charge in [0.15, 0.2) is 6.61 Å². The first-order valence-electron chi connectivity index (χ1n) is 10.2. The van der Waals surface area contributed by atoms with Crippen molar-refractivity contribution >= 4 is 41.3 Å². The Kier molecular flexibility index (Phi) is 9.49. The normalized spacial score (nSPS) is 13.5. The summed E-state index contributed by atoms with van der Waals surface area (Å²) in [5.74, 6) is 1.83. The molecule has 0 amide bonds. The number of likely N-dealkylation sites (N-methyl/N-ethyl adjacent to an activating group) is 1. The highest BCUT2D eigenvalue weighted by atomic mass is 35.5. The van der Waals surface area contributed by atoms with E-state index in [2.05, 4.69) is 57.3 Å². The summed E-state index contributed by atoms with van der Waals surface area (Å²) in [6.45, 7) is 4.46. The summed E-state index contributed by atoms with van der Waals surface area (Å²) in [5, 5.41) is 6.47. The number of ether oxygens (including phenoxy) is 1. The molecule has 33 heavy (non-hydrogen) atoms. The maximum absolute atomic E-state index is 5.99. The van der Waals surface area contributed by atoms with Crippen LogP contribution in [0.25, 0.3) is 22.2 Å². The van der Waals surface area contributed by atoms with Crippen LogP contribution in [-0.2, 0) is 6.61 Å². The van der Waals surface area contributed by atoms with Gasteiger partial charge in [0.1, 0.15) is 5.75 Å². The van der Waals surface area contributed by atoms with Crippen LogP contribution in [0.4, 0.5) is 5.69 Å². The van der Waals surface area contributed by atoms with Gasteiger partial charge in [-0.2, -0.15) is 4.98 Å². The van der Waals surface area contributed by atoms with Gasteiger partial charge in [-0.1, -0.05) is 53.7 Å². The Bertz CT molecular complexity index is 1150. The summed E-state index contributed by atoms with van der Waals surface area (Å²) in [4.78, 5) is 9.26. The molecule has 0 bridgehead atoms. The van der Waals surface area contributed by atoms with Crippen molar-refractivity contribution in [3.05, 3.63) is 72.6 Å². The highest BCUT2D eigenvalue weighted by Crippen LogP contribution is 2.31. The first-order valence-corrected chi connectivity index (χ1v) is 10.2. The molecule has 0 unspecified atom stereocenters. The maximum atomic E-state index is 5.99. The van der Waals surface area contributed by atoms with Gasteiger partial charge in [-0.15, -0.1) is 24.8 Å². The van der Waals surface area contributed by atoms with E-state index >= 15 is 0 Å². The van der Waals surface area contributed by atoms with E-state index in [9.17, 15) is 0 Å². The van der Waals surface area contributed by atoms with Crippen molar-refractivity contribution in [2.24, 2.45) is 0 Å². The predicted octanol–water partition coefficient (Wildman–Crippen LogP) is 4.24. The number of halogens is 2. The van der Waals surface area contributed by atoms with Gasteiger partial charge in [-0.05, 0) is 30.6 Å². The molecule has 9 heteroatoms. The Morgan fingerprint density at radius 2 is 1.67 bits per heavy atom. The second-order valence-corrected chi connectivity index (χ2v) is 7.62. The standard InChI is InChI=1S/C24H24N4O2.2ClH.H2O/c1-27-12-14-28(15-13-27)22-9-5-8-18-10-11-20(16-21(18)22)29-17-23-25-24(26-30-23)19-6-3-2-4-7-19;;;/h2-11,16H,12-15,17H2,1H3;2*1H;1H2. The molecule has 0 saturated carbocycles. The zero-order valence-electron chi connectivity index (χ0n) is 18.3.